The summed E-state index contributed by atoms with van der Waals surface area (Å²) in [5.41, 5.74) is 2.59. The van der Waals surface area contributed by atoms with Crippen LogP contribution >= 0.6 is 0 Å². The van der Waals surface area contributed by atoms with Gasteiger partial charge in [-0.1, -0.05) is 0 Å². The minimum absolute atomic E-state index is 0.568. The first-order valence-electron chi connectivity index (χ1n) is 8.55. The number of halogens is 1. The average molecular weight is 341 g/mol. The third-order valence-corrected chi connectivity index (χ3v) is 4.41. The van der Waals surface area contributed by atoms with Crippen LogP contribution in [0, 0.1) is 0 Å². The van der Waals surface area contributed by atoms with Gasteiger partial charge in [0.25, 0.3) is 0 Å². The first-order chi connectivity index (χ1) is 12.3. The molecule has 2 aromatic heterocycles. The van der Waals surface area contributed by atoms with Crippen LogP contribution in [-0.4, -0.2) is 57.1 Å². The molecule has 0 N–H and O–H groups in total. The van der Waals surface area contributed by atoms with Crippen LogP contribution in [-0.2, 0) is 0 Å². The number of likely N-dealkylation sites (tertiary alicyclic amines) is 1. The fourth-order valence-corrected chi connectivity index (χ4v) is 3.07. The van der Waals surface area contributed by atoms with Gasteiger partial charge in [0.1, 0.15) is 18.2 Å². The number of hydrogen-bond donors (Lipinski definition) is 0. The van der Waals surface area contributed by atoms with E-state index < -0.39 is 6.17 Å². The normalized spacial score (nSPS) is 18.0. The lowest BCUT2D eigenvalue weighted by Crippen LogP contribution is -2.23. The number of nitrogens with zero attached hydrogens (tertiary/aromatic N) is 5. The van der Waals surface area contributed by atoms with Crippen molar-refractivity contribution in [1.82, 2.24) is 24.7 Å². The van der Waals surface area contributed by atoms with E-state index in [0.717, 1.165) is 42.2 Å². The molecular formula is C18H20FN5O. The Morgan fingerprint density at radius 2 is 2.04 bits per heavy atom. The van der Waals surface area contributed by atoms with Crippen molar-refractivity contribution in [3.63, 3.8) is 0 Å². The van der Waals surface area contributed by atoms with E-state index in [-0.39, 0.29) is 0 Å². The van der Waals surface area contributed by atoms with Gasteiger partial charge in [-0.3, -0.25) is 0 Å². The first kappa shape index (κ1) is 16.0. The summed E-state index contributed by atoms with van der Waals surface area (Å²) in [5, 5.41) is 12.3. The van der Waals surface area contributed by atoms with Crippen molar-refractivity contribution >= 4 is 5.65 Å². The largest absolute Gasteiger partial charge is 0.494 e. The summed E-state index contributed by atoms with van der Waals surface area (Å²) in [7, 11) is 0. The molecule has 130 valence electrons. The van der Waals surface area contributed by atoms with Crippen LogP contribution in [0.25, 0.3) is 16.9 Å². The van der Waals surface area contributed by atoms with Gasteiger partial charge in [0, 0.05) is 25.2 Å². The fourth-order valence-electron chi connectivity index (χ4n) is 3.07. The lowest BCUT2D eigenvalue weighted by atomic mass is 10.1. The Hall–Kier alpha value is -2.54. The minimum atomic E-state index is -0.653. The predicted molar refractivity (Wildman–Crippen MR) is 92.3 cm³/mol. The van der Waals surface area contributed by atoms with Crippen molar-refractivity contribution in [2.24, 2.45) is 0 Å². The van der Waals surface area contributed by atoms with Crippen LogP contribution in [0.15, 0.2) is 42.7 Å². The number of ether oxygens (including phenoxy) is 1. The highest BCUT2D eigenvalue weighted by molar-refractivity contribution is 5.60. The monoisotopic (exact) mass is 341 g/mol. The Morgan fingerprint density at radius 1 is 1.16 bits per heavy atom. The molecule has 0 aliphatic carbocycles. The Kier molecular flexibility index (Phi) is 4.56. The van der Waals surface area contributed by atoms with Crippen molar-refractivity contribution in [1.29, 1.82) is 0 Å². The number of benzene rings is 1. The van der Waals surface area contributed by atoms with E-state index in [9.17, 15) is 4.39 Å². The smallest absolute Gasteiger partial charge is 0.177 e. The van der Waals surface area contributed by atoms with Gasteiger partial charge in [-0.05, 0) is 49.2 Å². The molecule has 25 heavy (non-hydrogen) atoms. The van der Waals surface area contributed by atoms with Crippen LogP contribution in [0.3, 0.4) is 0 Å². The molecule has 0 unspecified atom stereocenters. The van der Waals surface area contributed by atoms with Gasteiger partial charge >= 0.3 is 0 Å². The Morgan fingerprint density at radius 3 is 2.84 bits per heavy atom. The van der Waals surface area contributed by atoms with E-state index in [1.165, 1.54) is 0 Å². The number of hydrogen-bond acceptors (Lipinski definition) is 5. The summed E-state index contributed by atoms with van der Waals surface area (Å²) >= 11 is 0. The van der Waals surface area contributed by atoms with E-state index in [1.54, 1.807) is 10.8 Å². The molecule has 1 aliphatic rings. The molecule has 0 spiro atoms. The average Bonchev–Trinajstić information content (AvgIpc) is 3.27. The van der Waals surface area contributed by atoms with E-state index in [0.29, 0.717) is 19.6 Å². The van der Waals surface area contributed by atoms with Crippen molar-refractivity contribution < 1.29 is 9.13 Å². The Balaban J connectivity index is 1.30. The Bertz CT molecular complexity index is 835. The van der Waals surface area contributed by atoms with Crippen LogP contribution < -0.4 is 4.74 Å². The molecule has 1 aliphatic heterocycles. The molecular weight excluding hydrogens is 321 g/mol. The van der Waals surface area contributed by atoms with E-state index in [4.69, 9.17) is 4.74 Å². The fraction of sp³-hybridized carbons (Fsp3) is 0.389. The molecule has 0 bridgehead atoms. The molecule has 4 rings (SSSR count). The molecule has 1 aromatic carbocycles. The maximum Gasteiger partial charge on any atom is 0.177 e. The number of fused-ring (bicyclic) bond motifs is 1. The molecule has 1 atom stereocenters. The highest BCUT2D eigenvalue weighted by Crippen LogP contribution is 2.21. The van der Waals surface area contributed by atoms with Crippen LogP contribution in [0.2, 0.25) is 0 Å². The van der Waals surface area contributed by atoms with E-state index >= 15 is 0 Å². The van der Waals surface area contributed by atoms with Gasteiger partial charge < -0.3 is 9.64 Å². The standard InChI is InChI=1S/C18H20FN5O/c19-15-8-10-23(12-15)9-1-11-25-16-4-2-14(3-5-16)17-6-7-18-21-20-13-24(18)22-17/h2-7,13,15H,1,8-12H2/t15-/m0/s1. The van der Waals surface area contributed by atoms with Crippen molar-refractivity contribution in [2.75, 3.05) is 26.2 Å². The van der Waals surface area contributed by atoms with Crippen LogP contribution in [0.4, 0.5) is 4.39 Å². The summed E-state index contributed by atoms with van der Waals surface area (Å²) in [4.78, 5) is 2.16. The van der Waals surface area contributed by atoms with Gasteiger partial charge in [0.15, 0.2) is 5.65 Å². The molecule has 1 saturated heterocycles. The molecule has 0 saturated carbocycles. The van der Waals surface area contributed by atoms with Gasteiger partial charge in [0.2, 0.25) is 0 Å². The third kappa shape index (κ3) is 3.76. The number of alkyl halides is 1. The second-order valence-corrected chi connectivity index (χ2v) is 6.27. The second kappa shape index (κ2) is 7.14. The van der Waals surface area contributed by atoms with Gasteiger partial charge in [-0.2, -0.15) is 9.61 Å². The zero-order valence-corrected chi connectivity index (χ0v) is 13.9. The summed E-state index contributed by atoms with van der Waals surface area (Å²) in [5.74, 6) is 0.832. The van der Waals surface area contributed by atoms with Crippen molar-refractivity contribution in [2.45, 2.75) is 19.0 Å². The summed E-state index contributed by atoms with van der Waals surface area (Å²) in [6, 6.07) is 11.7. The van der Waals surface area contributed by atoms with Crippen molar-refractivity contribution in [3.8, 4) is 17.0 Å². The molecule has 3 aromatic rings. The Labute approximate surface area is 145 Å². The maximum atomic E-state index is 13.1. The summed E-state index contributed by atoms with van der Waals surface area (Å²) in [6.45, 7) is 2.96. The van der Waals surface area contributed by atoms with Crippen LogP contribution in [0.1, 0.15) is 12.8 Å². The van der Waals surface area contributed by atoms with Crippen molar-refractivity contribution in [3.05, 3.63) is 42.7 Å². The lowest BCUT2D eigenvalue weighted by Gasteiger charge is -2.14. The third-order valence-electron chi connectivity index (χ3n) is 4.41. The summed E-state index contributed by atoms with van der Waals surface area (Å²) in [6.07, 6.45) is 2.50. The maximum absolute atomic E-state index is 13.1. The molecule has 1 fully saturated rings. The SMILES string of the molecule is F[C@H]1CCN(CCCOc2ccc(-c3ccc4nncn4n3)cc2)C1. The van der Waals surface area contributed by atoms with Gasteiger partial charge in [-0.15, -0.1) is 10.2 Å². The van der Waals surface area contributed by atoms with E-state index in [1.807, 2.05) is 36.4 Å². The zero-order valence-electron chi connectivity index (χ0n) is 13.9. The number of aromatic nitrogens is 4. The molecule has 6 nitrogen and oxygen atoms in total. The highest BCUT2D eigenvalue weighted by atomic mass is 19.1. The highest BCUT2D eigenvalue weighted by Gasteiger charge is 2.20. The van der Waals surface area contributed by atoms with Gasteiger partial charge in [0.05, 0.1) is 12.3 Å². The lowest BCUT2D eigenvalue weighted by molar-refractivity contribution is 0.248. The molecule has 7 heteroatoms. The first-order valence-corrected chi connectivity index (χ1v) is 8.55. The predicted octanol–water partition coefficient (Wildman–Crippen LogP) is 2.60. The van der Waals surface area contributed by atoms with Crippen LogP contribution in [0.5, 0.6) is 5.75 Å². The van der Waals surface area contributed by atoms with Gasteiger partial charge in [-0.25, -0.2) is 4.39 Å². The topological polar surface area (TPSA) is 55.5 Å². The van der Waals surface area contributed by atoms with E-state index in [2.05, 4.69) is 20.2 Å². The number of rotatable bonds is 6. The quantitative estimate of drug-likeness (QED) is 0.645. The zero-order chi connectivity index (χ0) is 17.1. The molecule has 0 radical (unpaired) electrons. The minimum Gasteiger partial charge on any atom is -0.494 e. The molecule has 0 amide bonds. The summed E-state index contributed by atoms with van der Waals surface area (Å²) < 4.78 is 20.5. The second-order valence-electron chi connectivity index (χ2n) is 6.27. The molecule has 3 heterocycles.